The number of carboxylic acid groups (broad SMARTS) is 1. The van der Waals surface area contributed by atoms with Gasteiger partial charge in [-0.05, 0) is 25.2 Å². The smallest absolute Gasteiger partial charge is 0.341 e. The molecule has 0 aliphatic carbocycles. The number of rotatable bonds is 3. The SMILES string of the molecule is Cc1nonc1-n1cc(C(=O)O)c(=O)c2cc(F)c(N3CCN(C)CC3)nc21.Cl. The number of nitrogens with zero attached hydrogens (tertiary/aromatic N) is 6. The molecule has 0 aromatic carbocycles. The molecule has 4 heterocycles. The van der Waals surface area contributed by atoms with Gasteiger partial charge in [-0.2, -0.15) is 0 Å². The van der Waals surface area contributed by atoms with Crippen LogP contribution in [0.2, 0.25) is 0 Å². The summed E-state index contributed by atoms with van der Waals surface area (Å²) in [7, 11) is 1.98. The Kier molecular flexibility index (Phi) is 5.53. The van der Waals surface area contributed by atoms with Crippen LogP contribution < -0.4 is 10.3 Å². The van der Waals surface area contributed by atoms with Gasteiger partial charge in [0.25, 0.3) is 0 Å². The minimum Gasteiger partial charge on any atom is -0.477 e. The summed E-state index contributed by atoms with van der Waals surface area (Å²) in [5.74, 6) is -1.83. The first-order valence-corrected chi connectivity index (χ1v) is 8.59. The number of hydrogen-bond donors (Lipinski definition) is 1. The lowest BCUT2D eigenvalue weighted by atomic mass is 10.1. The molecule has 0 amide bonds. The fourth-order valence-electron chi connectivity index (χ4n) is 3.21. The quantitative estimate of drug-likeness (QED) is 0.659. The number of carboxylic acids is 1. The molecule has 10 nitrogen and oxygen atoms in total. The van der Waals surface area contributed by atoms with E-state index in [-0.39, 0.29) is 35.1 Å². The second kappa shape index (κ2) is 7.76. The number of anilines is 1. The van der Waals surface area contributed by atoms with Gasteiger partial charge in [-0.25, -0.2) is 18.8 Å². The third-order valence-electron chi connectivity index (χ3n) is 4.80. The summed E-state index contributed by atoms with van der Waals surface area (Å²) in [6.45, 7) is 4.26. The van der Waals surface area contributed by atoms with E-state index in [4.69, 9.17) is 4.63 Å². The molecule has 0 bridgehead atoms. The van der Waals surface area contributed by atoms with Crippen molar-refractivity contribution in [3.63, 3.8) is 0 Å². The van der Waals surface area contributed by atoms with Crippen LogP contribution >= 0.6 is 12.4 Å². The predicted molar refractivity (Wildman–Crippen MR) is 104 cm³/mol. The van der Waals surface area contributed by atoms with E-state index in [0.717, 1.165) is 25.4 Å². The third kappa shape index (κ3) is 3.54. The average molecular weight is 425 g/mol. The highest BCUT2D eigenvalue weighted by atomic mass is 35.5. The fraction of sp³-hybridized carbons (Fsp3) is 0.353. The molecule has 29 heavy (non-hydrogen) atoms. The van der Waals surface area contributed by atoms with Crippen LogP contribution in [0.15, 0.2) is 21.7 Å². The van der Waals surface area contributed by atoms with Crippen LogP contribution in [0, 0.1) is 12.7 Å². The zero-order valence-corrected chi connectivity index (χ0v) is 16.4. The molecule has 1 fully saturated rings. The Morgan fingerprint density at radius 3 is 2.48 bits per heavy atom. The van der Waals surface area contributed by atoms with E-state index in [1.807, 2.05) is 7.05 Å². The van der Waals surface area contributed by atoms with Gasteiger partial charge in [-0.3, -0.25) is 9.36 Å². The van der Waals surface area contributed by atoms with Crippen molar-refractivity contribution in [2.45, 2.75) is 6.92 Å². The molecule has 0 saturated carbocycles. The number of hydrogen-bond acceptors (Lipinski definition) is 8. The zero-order chi connectivity index (χ0) is 20.0. The third-order valence-corrected chi connectivity index (χ3v) is 4.80. The maximum absolute atomic E-state index is 14.8. The number of aromatic nitrogens is 4. The Balaban J connectivity index is 0.00000240. The normalized spacial score (nSPS) is 14.8. The van der Waals surface area contributed by atoms with Crippen LogP contribution in [0.25, 0.3) is 16.9 Å². The lowest BCUT2D eigenvalue weighted by Gasteiger charge is -2.33. The van der Waals surface area contributed by atoms with Crippen LogP contribution in [-0.2, 0) is 0 Å². The minimum atomic E-state index is -1.43. The maximum atomic E-state index is 14.8. The lowest BCUT2D eigenvalue weighted by Crippen LogP contribution is -2.45. The predicted octanol–water partition coefficient (Wildman–Crippen LogP) is 1.09. The molecule has 154 valence electrons. The highest BCUT2D eigenvalue weighted by Gasteiger charge is 2.24. The number of likely N-dealkylation sites (N-methyl/N-ethyl adjacent to an activating group) is 1. The Labute approximate surface area is 169 Å². The Bertz CT molecular complexity index is 1140. The molecule has 4 rings (SSSR count). The molecule has 3 aromatic rings. The van der Waals surface area contributed by atoms with Gasteiger partial charge >= 0.3 is 5.97 Å². The summed E-state index contributed by atoms with van der Waals surface area (Å²) >= 11 is 0. The van der Waals surface area contributed by atoms with Gasteiger partial charge in [-0.15, -0.1) is 12.4 Å². The molecule has 0 spiro atoms. The molecular weight excluding hydrogens is 407 g/mol. The van der Waals surface area contributed by atoms with Crippen LogP contribution in [-0.4, -0.2) is 69.1 Å². The summed E-state index contributed by atoms with van der Waals surface area (Å²) in [5, 5.41) is 16.7. The van der Waals surface area contributed by atoms with Crippen LogP contribution in [0.4, 0.5) is 10.2 Å². The molecule has 12 heteroatoms. The monoisotopic (exact) mass is 424 g/mol. The summed E-state index contributed by atoms with van der Waals surface area (Å²) in [5.41, 5.74) is -0.884. The van der Waals surface area contributed by atoms with Gasteiger partial charge in [0, 0.05) is 32.4 Å². The van der Waals surface area contributed by atoms with Gasteiger partial charge in [0.2, 0.25) is 11.2 Å². The highest BCUT2D eigenvalue weighted by molar-refractivity contribution is 5.92. The number of halogens is 2. The van der Waals surface area contributed by atoms with Crippen molar-refractivity contribution in [1.29, 1.82) is 0 Å². The van der Waals surface area contributed by atoms with E-state index in [9.17, 15) is 19.1 Å². The first-order chi connectivity index (χ1) is 13.4. The van der Waals surface area contributed by atoms with Crippen molar-refractivity contribution >= 4 is 35.2 Å². The van der Waals surface area contributed by atoms with Gasteiger partial charge in [0.05, 0.1) is 5.39 Å². The van der Waals surface area contributed by atoms with Gasteiger partial charge in [-0.1, -0.05) is 5.16 Å². The van der Waals surface area contributed by atoms with Crippen molar-refractivity contribution in [2.24, 2.45) is 0 Å². The van der Waals surface area contributed by atoms with Crippen molar-refractivity contribution in [2.75, 3.05) is 38.1 Å². The van der Waals surface area contributed by atoms with Gasteiger partial charge in [0.1, 0.15) is 11.3 Å². The molecule has 1 saturated heterocycles. The first-order valence-electron chi connectivity index (χ1n) is 8.59. The van der Waals surface area contributed by atoms with Crippen molar-refractivity contribution in [3.05, 3.63) is 39.6 Å². The zero-order valence-electron chi connectivity index (χ0n) is 15.6. The summed E-state index contributed by atoms with van der Waals surface area (Å²) in [6.07, 6.45) is 1.11. The summed E-state index contributed by atoms with van der Waals surface area (Å²) < 4.78 is 20.8. The molecule has 0 atom stereocenters. The van der Waals surface area contributed by atoms with Crippen LogP contribution in [0.3, 0.4) is 0 Å². The van der Waals surface area contributed by atoms with Gasteiger partial charge in [0.15, 0.2) is 17.3 Å². The molecular formula is C17H18ClFN6O4. The summed E-state index contributed by atoms with van der Waals surface area (Å²) in [4.78, 5) is 32.4. The second-order valence-corrected chi connectivity index (χ2v) is 6.68. The first kappa shape index (κ1) is 20.7. The number of carbonyl (C=O) groups is 1. The van der Waals surface area contributed by atoms with E-state index in [2.05, 4.69) is 20.2 Å². The van der Waals surface area contributed by atoms with E-state index in [0.29, 0.717) is 18.8 Å². The van der Waals surface area contributed by atoms with Crippen LogP contribution in [0.1, 0.15) is 16.1 Å². The van der Waals surface area contributed by atoms with E-state index >= 15 is 0 Å². The lowest BCUT2D eigenvalue weighted by molar-refractivity contribution is 0.0695. The fourth-order valence-corrected chi connectivity index (χ4v) is 3.21. The number of fused-ring (bicyclic) bond motifs is 1. The number of aromatic carboxylic acids is 1. The molecule has 1 aliphatic rings. The molecule has 0 unspecified atom stereocenters. The molecule has 3 aromatic heterocycles. The molecule has 1 N–H and O–H groups in total. The van der Waals surface area contributed by atoms with Crippen LogP contribution in [0.5, 0.6) is 0 Å². The van der Waals surface area contributed by atoms with Crippen molar-refractivity contribution in [3.8, 4) is 5.82 Å². The van der Waals surface area contributed by atoms with Crippen molar-refractivity contribution < 1.29 is 18.9 Å². The van der Waals surface area contributed by atoms with Crippen molar-refractivity contribution in [1.82, 2.24) is 24.8 Å². The van der Waals surface area contributed by atoms with E-state index in [1.165, 1.54) is 4.57 Å². The highest BCUT2D eigenvalue weighted by Crippen LogP contribution is 2.24. The number of aryl methyl sites for hydroxylation is 1. The average Bonchev–Trinajstić information content (AvgIpc) is 3.08. The largest absolute Gasteiger partial charge is 0.477 e. The standard InChI is InChI=1S/C17H17FN6O4.ClH/c1-9-14(21-28-20-9)24-8-11(17(26)27)13(25)10-7-12(18)16(19-15(10)24)23-5-3-22(2)4-6-23;/h7-8H,3-6H2,1-2H3,(H,26,27);1H. The topological polar surface area (TPSA) is 118 Å². The van der Waals surface area contributed by atoms with E-state index < -0.39 is 22.8 Å². The Morgan fingerprint density at radius 2 is 1.90 bits per heavy atom. The Morgan fingerprint density at radius 1 is 1.21 bits per heavy atom. The summed E-state index contributed by atoms with van der Waals surface area (Å²) in [6, 6.07) is 1.03. The second-order valence-electron chi connectivity index (χ2n) is 6.68. The minimum absolute atomic E-state index is 0. The number of piperazine rings is 1. The van der Waals surface area contributed by atoms with E-state index in [1.54, 1.807) is 11.8 Å². The number of pyridine rings is 2. The molecule has 0 radical (unpaired) electrons. The molecule has 1 aliphatic heterocycles. The van der Waals surface area contributed by atoms with Gasteiger partial charge < -0.3 is 14.9 Å². The maximum Gasteiger partial charge on any atom is 0.341 e. The Hall–Kier alpha value is -3.05.